The number of thioether (sulfide) groups is 1. The summed E-state index contributed by atoms with van der Waals surface area (Å²) in [5, 5.41) is 0. The molecule has 0 N–H and O–H groups in total. The van der Waals surface area contributed by atoms with E-state index < -0.39 is 0 Å². The van der Waals surface area contributed by atoms with E-state index in [1.54, 1.807) is 0 Å². The third-order valence-electron chi connectivity index (χ3n) is 1.73. The second kappa shape index (κ2) is 7.12. The summed E-state index contributed by atoms with van der Waals surface area (Å²) in [4.78, 5) is 11.1. The molecule has 0 atom stereocenters. The molecule has 3 heteroatoms. The third-order valence-corrected chi connectivity index (χ3v) is 2.09. The monoisotopic (exact) mass is 222 g/mol. The normalized spacial score (nSPS) is 10.5. The molecule has 1 aromatic carbocycles. The Morgan fingerprint density at radius 2 is 2.13 bits per heavy atom. The minimum Gasteiger partial charge on any atom is -0.454 e. The van der Waals surface area contributed by atoms with E-state index in [-0.39, 0.29) is 5.97 Å². The zero-order valence-electron chi connectivity index (χ0n) is 8.68. The fourth-order valence-electron chi connectivity index (χ4n) is 1.04. The Bertz CT molecular complexity index is 320. The van der Waals surface area contributed by atoms with Crippen molar-refractivity contribution < 1.29 is 9.53 Å². The van der Waals surface area contributed by atoms with Gasteiger partial charge in [0.05, 0.1) is 6.42 Å². The third kappa shape index (κ3) is 5.27. The van der Waals surface area contributed by atoms with Gasteiger partial charge in [-0.05, 0) is 11.8 Å². The smallest absolute Gasteiger partial charge is 0.310 e. The summed E-state index contributed by atoms with van der Waals surface area (Å²) >= 11 is 1.49. The lowest BCUT2D eigenvalue weighted by atomic mass is 10.2. The lowest BCUT2D eigenvalue weighted by Gasteiger charge is -1.98. The van der Waals surface area contributed by atoms with E-state index in [4.69, 9.17) is 4.74 Å². The molecule has 0 fully saturated rings. The topological polar surface area (TPSA) is 26.3 Å². The lowest BCUT2D eigenvalue weighted by Crippen LogP contribution is -2.01. The first-order valence-corrected chi connectivity index (χ1v) is 6.08. The minimum atomic E-state index is -0.184. The summed E-state index contributed by atoms with van der Waals surface area (Å²) in [6, 6.07) is 9.87. The summed E-state index contributed by atoms with van der Waals surface area (Å²) in [6.07, 6.45) is 5.96. The average molecular weight is 222 g/mol. The molecule has 0 saturated heterocycles. The number of benzene rings is 1. The van der Waals surface area contributed by atoms with Gasteiger partial charge < -0.3 is 4.74 Å². The number of carbonyl (C=O) groups excluding carboxylic acids is 1. The fraction of sp³-hybridized carbons (Fsp3) is 0.250. The maximum absolute atomic E-state index is 11.1. The summed E-state index contributed by atoms with van der Waals surface area (Å²) in [5.74, 6) is 0.245. The predicted molar refractivity (Wildman–Crippen MR) is 64.6 cm³/mol. The van der Waals surface area contributed by atoms with Crippen LogP contribution in [0.5, 0.6) is 0 Å². The Balaban J connectivity index is 2.31. The number of ether oxygens (including phenoxy) is 1. The highest BCUT2D eigenvalue weighted by atomic mass is 32.2. The van der Waals surface area contributed by atoms with Gasteiger partial charge in [-0.1, -0.05) is 42.5 Å². The molecule has 0 heterocycles. The van der Waals surface area contributed by atoms with Crippen molar-refractivity contribution in [2.75, 3.05) is 12.2 Å². The van der Waals surface area contributed by atoms with Crippen LogP contribution in [-0.4, -0.2) is 18.2 Å². The van der Waals surface area contributed by atoms with Gasteiger partial charge in [-0.25, -0.2) is 0 Å². The lowest BCUT2D eigenvalue weighted by molar-refractivity contribution is -0.140. The summed E-state index contributed by atoms with van der Waals surface area (Å²) in [7, 11) is 0. The first kappa shape index (κ1) is 11.9. The van der Waals surface area contributed by atoms with Crippen molar-refractivity contribution in [3.63, 3.8) is 0 Å². The number of hydrogen-bond donors (Lipinski definition) is 0. The van der Waals surface area contributed by atoms with Crippen molar-refractivity contribution in [3.8, 4) is 0 Å². The van der Waals surface area contributed by atoms with E-state index in [0.717, 1.165) is 5.56 Å². The molecule has 0 bridgehead atoms. The van der Waals surface area contributed by atoms with Gasteiger partial charge in [-0.2, -0.15) is 0 Å². The zero-order valence-corrected chi connectivity index (χ0v) is 9.50. The van der Waals surface area contributed by atoms with Crippen LogP contribution in [-0.2, 0) is 9.53 Å². The van der Waals surface area contributed by atoms with Crippen molar-refractivity contribution in [3.05, 3.63) is 42.0 Å². The Labute approximate surface area is 94.3 Å². The maximum Gasteiger partial charge on any atom is 0.310 e. The van der Waals surface area contributed by atoms with Crippen LogP contribution in [0.3, 0.4) is 0 Å². The molecular formula is C12H14O2S. The van der Waals surface area contributed by atoms with E-state index in [0.29, 0.717) is 12.4 Å². The van der Waals surface area contributed by atoms with Crippen LogP contribution in [0.15, 0.2) is 36.4 Å². The molecule has 0 aliphatic rings. The van der Waals surface area contributed by atoms with Gasteiger partial charge in [0, 0.05) is 0 Å². The van der Waals surface area contributed by atoms with Gasteiger partial charge in [0.25, 0.3) is 0 Å². The van der Waals surface area contributed by atoms with Crippen LogP contribution in [0, 0.1) is 0 Å². The largest absolute Gasteiger partial charge is 0.454 e. The Morgan fingerprint density at radius 1 is 1.40 bits per heavy atom. The first-order valence-electron chi connectivity index (χ1n) is 4.69. The van der Waals surface area contributed by atoms with Crippen molar-refractivity contribution in [2.24, 2.45) is 0 Å². The number of rotatable bonds is 5. The molecule has 0 radical (unpaired) electrons. The second-order valence-corrected chi connectivity index (χ2v) is 3.75. The van der Waals surface area contributed by atoms with E-state index >= 15 is 0 Å². The van der Waals surface area contributed by atoms with Crippen molar-refractivity contribution in [2.45, 2.75) is 6.42 Å². The molecular weight excluding hydrogens is 208 g/mol. The molecule has 1 rings (SSSR count). The van der Waals surface area contributed by atoms with Gasteiger partial charge in [0.1, 0.15) is 5.94 Å². The predicted octanol–water partition coefficient (Wildman–Crippen LogP) is 2.95. The van der Waals surface area contributed by atoms with Gasteiger partial charge in [0.15, 0.2) is 0 Å². The summed E-state index contributed by atoms with van der Waals surface area (Å²) in [5.41, 5.74) is 1.09. The van der Waals surface area contributed by atoms with Crippen molar-refractivity contribution in [1.82, 2.24) is 0 Å². The van der Waals surface area contributed by atoms with Gasteiger partial charge in [-0.15, -0.1) is 11.8 Å². The van der Waals surface area contributed by atoms with E-state index in [9.17, 15) is 4.79 Å². The SMILES string of the molecule is CSCOC(=O)C/C=C/c1ccccc1. The van der Waals surface area contributed by atoms with E-state index in [2.05, 4.69) is 0 Å². The number of hydrogen-bond acceptors (Lipinski definition) is 3. The highest BCUT2D eigenvalue weighted by Gasteiger charge is 1.97. The maximum atomic E-state index is 11.1. The van der Waals surface area contributed by atoms with Crippen LogP contribution in [0.25, 0.3) is 6.08 Å². The van der Waals surface area contributed by atoms with E-state index in [1.165, 1.54) is 11.8 Å². The highest BCUT2D eigenvalue weighted by Crippen LogP contribution is 2.02. The molecule has 80 valence electrons. The average Bonchev–Trinajstić information content (AvgIpc) is 2.28. The molecule has 1 aromatic rings. The van der Waals surface area contributed by atoms with Crippen molar-refractivity contribution >= 4 is 23.8 Å². The van der Waals surface area contributed by atoms with Crippen LogP contribution in [0.4, 0.5) is 0 Å². The molecule has 2 nitrogen and oxygen atoms in total. The Kier molecular flexibility index (Phi) is 5.63. The van der Waals surface area contributed by atoms with Crippen LogP contribution < -0.4 is 0 Å². The van der Waals surface area contributed by atoms with Gasteiger partial charge >= 0.3 is 5.97 Å². The number of carbonyl (C=O) groups is 1. The molecule has 0 unspecified atom stereocenters. The summed E-state index contributed by atoms with van der Waals surface area (Å²) < 4.78 is 4.90. The molecule has 0 aliphatic carbocycles. The van der Waals surface area contributed by atoms with Crippen molar-refractivity contribution in [1.29, 1.82) is 0 Å². The molecule has 0 spiro atoms. The summed E-state index contributed by atoms with van der Waals surface area (Å²) in [6.45, 7) is 0. The van der Waals surface area contributed by atoms with Gasteiger partial charge in [0.2, 0.25) is 0 Å². The number of esters is 1. The van der Waals surface area contributed by atoms with Crippen LogP contribution in [0.2, 0.25) is 0 Å². The van der Waals surface area contributed by atoms with E-state index in [1.807, 2.05) is 48.7 Å². The highest BCUT2D eigenvalue weighted by molar-refractivity contribution is 7.98. The molecule has 0 aliphatic heterocycles. The standard InChI is InChI=1S/C12H14O2S/c1-15-10-14-12(13)9-5-8-11-6-3-2-4-7-11/h2-8H,9-10H2,1H3/b8-5+. The minimum absolute atomic E-state index is 0.184. The second-order valence-electron chi connectivity index (χ2n) is 2.94. The Hall–Kier alpha value is -1.22. The quantitative estimate of drug-likeness (QED) is 0.566. The molecule has 0 saturated carbocycles. The molecule has 0 amide bonds. The molecule has 15 heavy (non-hydrogen) atoms. The zero-order chi connectivity index (χ0) is 10.9. The molecule has 0 aromatic heterocycles. The fourth-order valence-corrected chi connectivity index (χ4v) is 1.29. The van der Waals surface area contributed by atoms with Gasteiger partial charge in [-0.3, -0.25) is 4.79 Å². The van der Waals surface area contributed by atoms with Crippen LogP contribution in [0.1, 0.15) is 12.0 Å². The first-order chi connectivity index (χ1) is 7.33. The Morgan fingerprint density at radius 3 is 2.80 bits per heavy atom. The van der Waals surface area contributed by atoms with Crippen LogP contribution >= 0.6 is 11.8 Å².